The summed E-state index contributed by atoms with van der Waals surface area (Å²) in [4.78, 5) is 25.0. The molecule has 0 N–H and O–H groups in total. The van der Waals surface area contributed by atoms with Gasteiger partial charge in [-0.05, 0) is 79.1 Å². The summed E-state index contributed by atoms with van der Waals surface area (Å²) < 4.78 is 77.0. The highest BCUT2D eigenvalue weighted by molar-refractivity contribution is 5.81. The van der Waals surface area contributed by atoms with Crippen molar-refractivity contribution in [1.82, 2.24) is 20.4 Å². The highest BCUT2D eigenvalue weighted by Crippen LogP contribution is 2.40. The first-order valence-corrected chi connectivity index (χ1v) is 16.3. The van der Waals surface area contributed by atoms with Crippen LogP contribution in [0, 0.1) is 0 Å². The summed E-state index contributed by atoms with van der Waals surface area (Å²) in [7, 11) is 0. The lowest BCUT2D eigenvalue weighted by Crippen LogP contribution is -2.16. The van der Waals surface area contributed by atoms with Gasteiger partial charge in [-0.25, -0.2) is 0 Å². The standard InChI is InChI=1S/C37H36F6N4O2/c38-36(39,40)23-26-6-1-4-24(18-26)20-32(48)14-10-30-12-16-34(46-44-30)27-7-3-8-28(22-27)35-17-13-31(45-47-35)11-15-33(49)21-25-5-2-9-29(19-25)37(41,42)43/h1-2,4-6,9,12-13,16-19,27-28H,3,7-8,10-11,14-15,20-23H2/t27-,28-/m0/s1. The van der Waals surface area contributed by atoms with E-state index in [-0.39, 0.29) is 54.6 Å². The molecule has 0 saturated heterocycles. The zero-order chi connectivity index (χ0) is 35.0. The van der Waals surface area contributed by atoms with E-state index in [4.69, 9.17) is 0 Å². The fourth-order valence-electron chi connectivity index (χ4n) is 6.28. The molecule has 1 saturated carbocycles. The van der Waals surface area contributed by atoms with E-state index in [1.807, 2.05) is 24.3 Å². The molecule has 2 heterocycles. The van der Waals surface area contributed by atoms with E-state index in [1.165, 1.54) is 30.3 Å². The van der Waals surface area contributed by atoms with Crippen LogP contribution in [0.5, 0.6) is 0 Å². The van der Waals surface area contributed by atoms with Crippen LogP contribution in [0.2, 0.25) is 0 Å². The van der Waals surface area contributed by atoms with Crippen molar-refractivity contribution in [3.8, 4) is 0 Å². The Morgan fingerprint density at radius 1 is 0.633 bits per heavy atom. The Balaban J connectivity index is 1.07. The monoisotopic (exact) mass is 682 g/mol. The van der Waals surface area contributed by atoms with Crippen molar-refractivity contribution >= 4 is 11.6 Å². The van der Waals surface area contributed by atoms with Gasteiger partial charge in [0.25, 0.3) is 0 Å². The number of carbonyl (C=O) groups excluding carboxylic acids is 2. The minimum atomic E-state index is -4.46. The van der Waals surface area contributed by atoms with Crippen LogP contribution in [0.3, 0.4) is 0 Å². The maximum Gasteiger partial charge on any atom is 0.416 e. The summed E-state index contributed by atoms with van der Waals surface area (Å²) in [5, 5.41) is 17.5. The van der Waals surface area contributed by atoms with E-state index in [0.717, 1.165) is 49.2 Å². The number of aromatic nitrogens is 4. The molecule has 258 valence electrons. The second kappa shape index (κ2) is 15.8. The van der Waals surface area contributed by atoms with E-state index >= 15 is 0 Å². The molecule has 1 aliphatic carbocycles. The lowest BCUT2D eigenvalue weighted by Gasteiger charge is -2.28. The van der Waals surface area contributed by atoms with Gasteiger partial charge in [0.1, 0.15) is 11.6 Å². The van der Waals surface area contributed by atoms with Crippen LogP contribution in [-0.2, 0) is 47.9 Å². The van der Waals surface area contributed by atoms with E-state index in [1.54, 1.807) is 6.07 Å². The van der Waals surface area contributed by atoms with Crippen molar-refractivity contribution in [3.63, 3.8) is 0 Å². The van der Waals surface area contributed by atoms with Gasteiger partial charge in [-0.1, -0.05) is 48.9 Å². The quantitative estimate of drug-likeness (QED) is 0.132. The van der Waals surface area contributed by atoms with Gasteiger partial charge in [0, 0.05) is 37.5 Å². The van der Waals surface area contributed by atoms with Crippen molar-refractivity contribution in [1.29, 1.82) is 0 Å². The molecule has 0 aliphatic heterocycles. The van der Waals surface area contributed by atoms with Crippen molar-refractivity contribution in [3.05, 3.63) is 118 Å². The first-order chi connectivity index (χ1) is 23.3. The van der Waals surface area contributed by atoms with Crippen LogP contribution in [0.25, 0.3) is 0 Å². The average molecular weight is 683 g/mol. The molecule has 12 heteroatoms. The van der Waals surface area contributed by atoms with Gasteiger partial charge >= 0.3 is 12.4 Å². The normalized spacial score (nSPS) is 16.8. The van der Waals surface area contributed by atoms with Gasteiger partial charge in [-0.2, -0.15) is 46.7 Å². The minimum absolute atomic E-state index is 0.0615. The Kier molecular flexibility index (Phi) is 11.6. The van der Waals surface area contributed by atoms with Crippen molar-refractivity contribution in [2.75, 3.05) is 0 Å². The molecule has 5 rings (SSSR count). The third-order valence-electron chi connectivity index (χ3n) is 8.76. The largest absolute Gasteiger partial charge is 0.416 e. The zero-order valence-electron chi connectivity index (χ0n) is 26.7. The lowest BCUT2D eigenvalue weighted by atomic mass is 9.78. The number of rotatable bonds is 13. The first-order valence-electron chi connectivity index (χ1n) is 16.3. The maximum absolute atomic E-state index is 13.0. The molecule has 4 aromatic rings. The number of hydrogen-bond acceptors (Lipinski definition) is 6. The molecule has 49 heavy (non-hydrogen) atoms. The molecular formula is C37H36F6N4O2. The van der Waals surface area contributed by atoms with Crippen molar-refractivity contribution in [2.45, 2.75) is 94.8 Å². The van der Waals surface area contributed by atoms with E-state index in [2.05, 4.69) is 20.4 Å². The maximum atomic E-state index is 13.0. The summed E-state index contributed by atoms with van der Waals surface area (Å²) >= 11 is 0. The molecule has 2 atom stereocenters. The van der Waals surface area contributed by atoms with Gasteiger partial charge in [-0.3, -0.25) is 9.59 Å². The molecule has 0 amide bonds. The fraction of sp³-hybridized carbons (Fsp3) is 0.405. The van der Waals surface area contributed by atoms with E-state index < -0.39 is 24.3 Å². The average Bonchev–Trinajstić information content (AvgIpc) is 3.06. The van der Waals surface area contributed by atoms with Crippen LogP contribution in [-0.4, -0.2) is 38.1 Å². The molecule has 0 unspecified atom stereocenters. The topological polar surface area (TPSA) is 85.7 Å². The third kappa shape index (κ3) is 11.0. The Morgan fingerprint density at radius 2 is 1.14 bits per heavy atom. The molecule has 1 fully saturated rings. The summed E-state index contributed by atoms with van der Waals surface area (Å²) in [5.74, 6) is 0.101. The highest BCUT2D eigenvalue weighted by Gasteiger charge is 2.31. The molecule has 2 aromatic carbocycles. The molecule has 0 radical (unpaired) electrons. The second-order valence-corrected chi connectivity index (χ2v) is 12.7. The molecule has 2 aromatic heterocycles. The van der Waals surface area contributed by atoms with Crippen molar-refractivity contribution < 1.29 is 35.9 Å². The smallest absolute Gasteiger partial charge is 0.299 e. The number of hydrogen-bond donors (Lipinski definition) is 0. The van der Waals surface area contributed by atoms with Gasteiger partial charge < -0.3 is 0 Å². The third-order valence-corrected chi connectivity index (χ3v) is 8.76. The fourth-order valence-corrected chi connectivity index (χ4v) is 6.28. The minimum Gasteiger partial charge on any atom is -0.299 e. The molecule has 0 bridgehead atoms. The summed E-state index contributed by atoms with van der Waals surface area (Å²) in [6, 6.07) is 18.4. The number of benzene rings is 2. The summed E-state index contributed by atoms with van der Waals surface area (Å²) in [6.45, 7) is 0. The van der Waals surface area contributed by atoms with Crippen molar-refractivity contribution in [2.24, 2.45) is 0 Å². The zero-order valence-corrected chi connectivity index (χ0v) is 26.7. The van der Waals surface area contributed by atoms with Gasteiger partial charge in [0.15, 0.2) is 0 Å². The number of halogens is 6. The number of alkyl halides is 6. The van der Waals surface area contributed by atoms with E-state index in [0.29, 0.717) is 35.4 Å². The number of aryl methyl sites for hydroxylation is 2. The lowest BCUT2D eigenvalue weighted by molar-refractivity contribution is -0.137. The van der Waals surface area contributed by atoms with Crippen LogP contribution in [0.1, 0.15) is 95.4 Å². The highest BCUT2D eigenvalue weighted by atomic mass is 19.4. The number of nitrogens with zero attached hydrogens (tertiary/aromatic N) is 4. The first kappa shape index (κ1) is 35.8. The molecule has 0 spiro atoms. The van der Waals surface area contributed by atoms with Gasteiger partial charge in [-0.15, -0.1) is 0 Å². The second-order valence-electron chi connectivity index (χ2n) is 12.7. The Labute approximate surface area is 280 Å². The SMILES string of the molecule is O=C(CCc1ccc([C@H]2CCC[C@H](c3ccc(CCC(=O)Cc4cccc(C(F)(F)F)c4)nn3)C2)nn1)Cc1cccc(CC(F)(F)F)c1. The predicted molar refractivity (Wildman–Crippen MR) is 170 cm³/mol. The Bertz CT molecular complexity index is 1720. The molecule has 1 aliphatic rings. The van der Waals surface area contributed by atoms with Crippen LogP contribution in [0.4, 0.5) is 26.3 Å². The van der Waals surface area contributed by atoms with Gasteiger partial charge in [0.05, 0.1) is 34.8 Å². The number of ketones is 2. The Hall–Kier alpha value is -4.48. The molecular weight excluding hydrogens is 646 g/mol. The molecule has 6 nitrogen and oxygen atoms in total. The van der Waals surface area contributed by atoms with Gasteiger partial charge in [0.2, 0.25) is 0 Å². The number of carbonyl (C=O) groups is 2. The predicted octanol–water partition coefficient (Wildman–Crippen LogP) is 8.32. The number of Topliss-reactive ketones (excluding diaryl/α,β-unsaturated/α-hetero) is 2. The van der Waals surface area contributed by atoms with Crippen LogP contribution >= 0.6 is 0 Å². The summed E-state index contributed by atoms with van der Waals surface area (Å²) in [5.41, 5.74) is 3.28. The Morgan fingerprint density at radius 3 is 1.63 bits per heavy atom. The van der Waals surface area contributed by atoms with E-state index in [9.17, 15) is 35.9 Å². The summed E-state index contributed by atoms with van der Waals surface area (Å²) in [6.07, 6.45) is -5.00. The van der Waals surface area contributed by atoms with Crippen LogP contribution in [0.15, 0.2) is 72.8 Å². The van der Waals surface area contributed by atoms with Crippen LogP contribution < -0.4 is 0 Å².